The first-order valence-electron chi connectivity index (χ1n) is 7.97. The van der Waals surface area contributed by atoms with Crippen molar-refractivity contribution in [1.29, 1.82) is 0 Å². The number of pyridine rings is 1. The SMILES string of the molecule is Cc1ccc(Oc2ccc(NC(=O)NCc3cccnc3)cc2)cc1. The van der Waals surface area contributed by atoms with E-state index < -0.39 is 0 Å². The number of rotatable bonds is 5. The molecule has 0 bridgehead atoms. The largest absolute Gasteiger partial charge is 0.457 e. The second-order valence-corrected chi connectivity index (χ2v) is 5.61. The van der Waals surface area contributed by atoms with Crippen molar-refractivity contribution in [2.75, 3.05) is 5.32 Å². The topological polar surface area (TPSA) is 63.2 Å². The van der Waals surface area contributed by atoms with E-state index in [2.05, 4.69) is 15.6 Å². The van der Waals surface area contributed by atoms with Crippen LogP contribution in [-0.4, -0.2) is 11.0 Å². The number of urea groups is 1. The van der Waals surface area contributed by atoms with Crippen LogP contribution in [0.15, 0.2) is 73.1 Å². The number of benzene rings is 2. The number of carbonyl (C=O) groups excluding carboxylic acids is 1. The van der Waals surface area contributed by atoms with Crippen molar-refractivity contribution >= 4 is 11.7 Å². The van der Waals surface area contributed by atoms with Gasteiger partial charge >= 0.3 is 6.03 Å². The highest BCUT2D eigenvalue weighted by Gasteiger charge is 2.03. The van der Waals surface area contributed by atoms with E-state index in [1.54, 1.807) is 24.5 Å². The predicted molar refractivity (Wildman–Crippen MR) is 97.8 cm³/mol. The van der Waals surface area contributed by atoms with Gasteiger partial charge in [-0.25, -0.2) is 4.79 Å². The lowest BCUT2D eigenvalue weighted by molar-refractivity contribution is 0.251. The van der Waals surface area contributed by atoms with Crippen LogP contribution in [0, 0.1) is 6.92 Å². The molecule has 0 aliphatic heterocycles. The smallest absolute Gasteiger partial charge is 0.319 e. The molecule has 2 amide bonds. The Morgan fingerprint density at radius 3 is 2.32 bits per heavy atom. The van der Waals surface area contributed by atoms with E-state index in [1.165, 1.54) is 5.56 Å². The average Bonchev–Trinajstić information content (AvgIpc) is 2.64. The third-order valence-electron chi connectivity index (χ3n) is 3.54. The molecule has 5 nitrogen and oxygen atoms in total. The van der Waals surface area contributed by atoms with Crippen LogP contribution in [0.5, 0.6) is 11.5 Å². The minimum atomic E-state index is -0.268. The molecule has 25 heavy (non-hydrogen) atoms. The van der Waals surface area contributed by atoms with Crippen molar-refractivity contribution in [3.63, 3.8) is 0 Å². The minimum Gasteiger partial charge on any atom is -0.457 e. The van der Waals surface area contributed by atoms with Crippen molar-refractivity contribution in [3.8, 4) is 11.5 Å². The molecule has 0 saturated heterocycles. The Morgan fingerprint density at radius 1 is 1.00 bits per heavy atom. The highest BCUT2D eigenvalue weighted by Crippen LogP contribution is 2.23. The number of hydrogen-bond acceptors (Lipinski definition) is 3. The summed E-state index contributed by atoms with van der Waals surface area (Å²) in [6.45, 7) is 2.46. The summed E-state index contributed by atoms with van der Waals surface area (Å²) in [6, 6.07) is 18.5. The number of aromatic nitrogens is 1. The van der Waals surface area contributed by atoms with E-state index in [0.717, 1.165) is 11.3 Å². The van der Waals surface area contributed by atoms with Crippen LogP contribution in [0.4, 0.5) is 10.5 Å². The standard InChI is InChI=1S/C20H19N3O2/c1-15-4-8-18(9-5-15)25-19-10-6-17(7-11-19)23-20(24)22-14-16-3-2-12-21-13-16/h2-13H,14H2,1H3,(H2,22,23,24). The number of hydrogen-bond donors (Lipinski definition) is 2. The molecule has 1 heterocycles. The van der Waals surface area contributed by atoms with E-state index in [1.807, 2.05) is 55.5 Å². The summed E-state index contributed by atoms with van der Waals surface area (Å²) < 4.78 is 5.76. The van der Waals surface area contributed by atoms with Gasteiger partial charge in [0.2, 0.25) is 0 Å². The van der Waals surface area contributed by atoms with Crippen molar-refractivity contribution in [3.05, 3.63) is 84.2 Å². The Morgan fingerprint density at radius 2 is 1.68 bits per heavy atom. The van der Waals surface area contributed by atoms with Crippen molar-refractivity contribution in [2.24, 2.45) is 0 Å². The molecule has 0 spiro atoms. The van der Waals surface area contributed by atoms with Gasteiger partial charge in [-0.15, -0.1) is 0 Å². The fraction of sp³-hybridized carbons (Fsp3) is 0.100. The van der Waals surface area contributed by atoms with Gasteiger partial charge in [-0.05, 0) is 55.0 Å². The van der Waals surface area contributed by atoms with Gasteiger partial charge in [0.15, 0.2) is 0 Å². The van der Waals surface area contributed by atoms with Gasteiger partial charge in [0.25, 0.3) is 0 Å². The number of ether oxygens (including phenoxy) is 1. The number of carbonyl (C=O) groups is 1. The van der Waals surface area contributed by atoms with Gasteiger partial charge in [0.05, 0.1) is 0 Å². The van der Waals surface area contributed by atoms with Gasteiger partial charge in [-0.2, -0.15) is 0 Å². The first kappa shape index (κ1) is 16.5. The number of amides is 2. The van der Waals surface area contributed by atoms with Crippen LogP contribution in [0.2, 0.25) is 0 Å². The van der Waals surface area contributed by atoms with Crippen molar-refractivity contribution < 1.29 is 9.53 Å². The molecule has 0 aliphatic rings. The van der Waals surface area contributed by atoms with Crippen LogP contribution < -0.4 is 15.4 Å². The van der Waals surface area contributed by atoms with Crippen molar-refractivity contribution in [1.82, 2.24) is 10.3 Å². The van der Waals surface area contributed by atoms with E-state index in [4.69, 9.17) is 4.74 Å². The third kappa shape index (κ3) is 5.07. The molecule has 0 aliphatic carbocycles. The van der Waals surface area contributed by atoms with Crippen LogP contribution in [-0.2, 0) is 6.54 Å². The Kier molecular flexibility index (Phi) is 5.26. The third-order valence-corrected chi connectivity index (χ3v) is 3.54. The van der Waals surface area contributed by atoms with Gasteiger partial charge < -0.3 is 15.4 Å². The number of aryl methyl sites for hydroxylation is 1. The number of nitrogens with zero attached hydrogens (tertiary/aromatic N) is 1. The molecule has 1 aromatic heterocycles. The highest BCUT2D eigenvalue weighted by molar-refractivity contribution is 5.89. The van der Waals surface area contributed by atoms with Gasteiger partial charge in [-0.3, -0.25) is 4.98 Å². The van der Waals surface area contributed by atoms with Gasteiger partial charge in [0.1, 0.15) is 11.5 Å². The molecule has 0 fully saturated rings. The summed E-state index contributed by atoms with van der Waals surface area (Å²) in [6.07, 6.45) is 3.42. The lowest BCUT2D eigenvalue weighted by Crippen LogP contribution is -2.28. The first-order chi connectivity index (χ1) is 12.2. The maximum absolute atomic E-state index is 11.9. The van der Waals surface area contributed by atoms with Crippen molar-refractivity contribution in [2.45, 2.75) is 13.5 Å². The van der Waals surface area contributed by atoms with E-state index in [-0.39, 0.29) is 6.03 Å². The van der Waals surface area contributed by atoms with E-state index in [0.29, 0.717) is 18.0 Å². The fourth-order valence-electron chi connectivity index (χ4n) is 2.21. The predicted octanol–water partition coefficient (Wildman–Crippen LogP) is 4.50. The second kappa shape index (κ2) is 7.97. The Balaban J connectivity index is 1.51. The first-order valence-corrected chi connectivity index (χ1v) is 7.97. The molecular formula is C20H19N3O2. The molecule has 3 aromatic rings. The summed E-state index contributed by atoms with van der Waals surface area (Å²) in [5.41, 5.74) is 2.82. The Labute approximate surface area is 146 Å². The molecule has 0 unspecified atom stereocenters. The summed E-state index contributed by atoms with van der Waals surface area (Å²) in [4.78, 5) is 15.9. The molecule has 5 heteroatoms. The molecule has 126 valence electrons. The summed E-state index contributed by atoms with van der Waals surface area (Å²) in [7, 11) is 0. The lowest BCUT2D eigenvalue weighted by atomic mass is 10.2. The zero-order valence-corrected chi connectivity index (χ0v) is 13.9. The fourth-order valence-corrected chi connectivity index (χ4v) is 2.21. The molecule has 2 aromatic carbocycles. The molecule has 0 atom stereocenters. The summed E-state index contributed by atoms with van der Waals surface area (Å²) in [5.74, 6) is 1.49. The monoisotopic (exact) mass is 333 g/mol. The van der Waals surface area contributed by atoms with E-state index >= 15 is 0 Å². The molecule has 2 N–H and O–H groups in total. The number of anilines is 1. The van der Waals surface area contributed by atoms with Crippen LogP contribution in [0.25, 0.3) is 0 Å². The minimum absolute atomic E-state index is 0.268. The Hall–Kier alpha value is -3.34. The highest BCUT2D eigenvalue weighted by atomic mass is 16.5. The van der Waals surface area contributed by atoms with Gasteiger partial charge in [-0.1, -0.05) is 23.8 Å². The summed E-state index contributed by atoms with van der Waals surface area (Å²) in [5, 5.41) is 5.57. The maximum atomic E-state index is 11.9. The van der Waals surface area contributed by atoms with Crippen LogP contribution >= 0.6 is 0 Å². The van der Waals surface area contributed by atoms with E-state index in [9.17, 15) is 4.79 Å². The molecule has 0 saturated carbocycles. The molecular weight excluding hydrogens is 314 g/mol. The lowest BCUT2D eigenvalue weighted by Gasteiger charge is -2.09. The molecule has 0 radical (unpaired) electrons. The van der Waals surface area contributed by atoms with Crippen LogP contribution in [0.3, 0.4) is 0 Å². The average molecular weight is 333 g/mol. The normalized spacial score (nSPS) is 10.1. The summed E-state index contributed by atoms with van der Waals surface area (Å²) >= 11 is 0. The van der Waals surface area contributed by atoms with Crippen LogP contribution in [0.1, 0.15) is 11.1 Å². The zero-order valence-electron chi connectivity index (χ0n) is 13.9. The zero-order chi connectivity index (χ0) is 17.5. The maximum Gasteiger partial charge on any atom is 0.319 e. The molecule has 3 rings (SSSR count). The quantitative estimate of drug-likeness (QED) is 0.722. The van der Waals surface area contributed by atoms with Gasteiger partial charge in [0, 0.05) is 24.6 Å². The second-order valence-electron chi connectivity index (χ2n) is 5.61. The number of nitrogens with one attached hydrogen (secondary N) is 2. The Bertz CT molecular complexity index is 816.